The number of H-pyrrole nitrogens is 1. The number of carbonyl (C=O) groups excluding carboxylic acids is 1. The van der Waals surface area contributed by atoms with Gasteiger partial charge in [-0.3, -0.25) is 14.5 Å². The van der Waals surface area contributed by atoms with Crippen LogP contribution < -0.4 is 15.8 Å². The van der Waals surface area contributed by atoms with Crippen LogP contribution in [0.1, 0.15) is 21.7 Å². The average Bonchev–Trinajstić information content (AvgIpc) is 2.80. The highest BCUT2D eigenvalue weighted by atomic mass is 19.4. The van der Waals surface area contributed by atoms with Crippen LogP contribution in [0.2, 0.25) is 0 Å². The number of hydrogen-bond donors (Lipinski definition) is 2. The summed E-state index contributed by atoms with van der Waals surface area (Å²) in [6, 6.07) is 5.46. The molecule has 1 saturated heterocycles. The van der Waals surface area contributed by atoms with E-state index in [0.29, 0.717) is 26.2 Å². The van der Waals surface area contributed by atoms with E-state index < -0.39 is 40.6 Å². The first kappa shape index (κ1) is 23.5. The minimum absolute atomic E-state index is 0.0379. The number of fused-ring (bicyclic) bond motifs is 1. The van der Waals surface area contributed by atoms with Crippen molar-refractivity contribution in [2.24, 2.45) is 0 Å². The number of aromatic amines is 1. The number of aromatic nitrogens is 3. The fourth-order valence-corrected chi connectivity index (χ4v) is 3.78. The molecule has 1 amide bonds. The molecule has 1 aliphatic rings. The van der Waals surface area contributed by atoms with Crippen LogP contribution in [0.5, 0.6) is 0 Å². The number of nitrogens with one attached hydrogen (secondary N) is 2. The second-order valence-corrected chi connectivity index (χ2v) is 7.69. The van der Waals surface area contributed by atoms with Crippen LogP contribution in [0.15, 0.2) is 29.1 Å². The molecule has 8 nitrogen and oxygen atoms in total. The second kappa shape index (κ2) is 8.97. The maximum absolute atomic E-state index is 14.9. The number of piperazine rings is 1. The third-order valence-electron chi connectivity index (χ3n) is 5.55. The molecule has 13 heteroatoms. The Kier molecular flexibility index (Phi) is 6.21. The predicted molar refractivity (Wildman–Crippen MR) is 112 cm³/mol. The molecule has 0 radical (unpaired) electrons. The molecule has 0 aliphatic carbocycles. The molecule has 0 unspecified atom stereocenters. The van der Waals surface area contributed by atoms with Crippen LogP contribution in [0.3, 0.4) is 0 Å². The number of amides is 1. The lowest BCUT2D eigenvalue weighted by molar-refractivity contribution is -0.142. The minimum Gasteiger partial charge on any atom is -0.365 e. The van der Waals surface area contributed by atoms with Gasteiger partial charge in [-0.05, 0) is 18.2 Å². The third kappa shape index (κ3) is 4.55. The van der Waals surface area contributed by atoms with E-state index in [9.17, 15) is 31.5 Å². The van der Waals surface area contributed by atoms with Gasteiger partial charge in [0.05, 0.1) is 11.2 Å². The van der Waals surface area contributed by atoms with E-state index in [4.69, 9.17) is 0 Å². The van der Waals surface area contributed by atoms with Crippen LogP contribution in [0.25, 0.3) is 11.0 Å². The normalized spacial score (nSPS) is 15.1. The third-order valence-corrected chi connectivity index (χ3v) is 5.55. The molecule has 180 valence electrons. The van der Waals surface area contributed by atoms with Crippen LogP contribution in [0.4, 0.5) is 27.6 Å². The molecule has 34 heavy (non-hydrogen) atoms. The van der Waals surface area contributed by atoms with Crippen molar-refractivity contribution in [2.45, 2.75) is 12.7 Å². The summed E-state index contributed by atoms with van der Waals surface area (Å²) in [6.45, 7) is 1.82. The highest BCUT2D eigenvalue weighted by Crippen LogP contribution is 2.27. The molecular weight excluding hydrogens is 463 g/mol. The average molecular weight is 482 g/mol. The molecule has 1 fully saturated rings. The fraction of sp³-hybridized carbons (Fsp3) is 0.333. The van der Waals surface area contributed by atoms with E-state index in [-0.39, 0.29) is 29.0 Å². The summed E-state index contributed by atoms with van der Waals surface area (Å²) in [7, 11) is 1.42. The molecule has 2 aromatic heterocycles. The Hall–Kier alpha value is -3.61. The Morgan fingerprint density at radius 3 is 2.41 bits per heavy atom. The van der Waals surface area contributed by atoms with Gasteiger partial charge in [0.15, 0.2) is 5.82 Å². The van der Waals surface area contributed by atoms with E-state index in [1.54, 1.807) is 4.90 Å². The second-order valence-electron chi connectivity index (χ2n) is 7.69. The lowest BCUT2D eigenvalue weighted by Gasteiger charge is -2.36. The Morgan fingerprint density at radius 1 is 1.09 bits per heavy atom. The molecule has 4 rings (SSSR count). The number of pyridine rings is 1. The molecule has 2 N–H and O–H groups in total. The fourth-order valence-electron chi connectivity index (χ4n) is 3.78. The zero-order valence-corrected chi connectivity index (χ0v) is 17.8. The Bertz CT molecular complexity index is 1300. The molecule has 0 bridgehead atoms. The summed E-state index contributed by atoms with van der Waals surface area (Å²) in [5, 5.41) is 2.37. The lowest BCUT2D eigenvalue weighted by atomic mass is 10.1. The smallest absolute Gasteiger partial charge is 0.365 e. The van der Waals surface area contributed by atoms with Crippen molar-refractivity contribution >= 4 is 22.6 Å². The number of alkyl halides is 3. The highest BCUT2D eigenvalue weighted by molar-refractivity contribution is 5.92. The summed E-state index contributed by atoms with van der Waals surface area (Å²) >= 11 is 0. The monoisotopic (exact) mass is 482 g/mol. The SMILES string of the molecule is CNC(=O)c1ccc(N2CCN(Cc3ccc4nc(C(F)(F)F)c(=O)[nH]c4c3F)CC2)c(F)n1. The molecule has 1 aliphatic heterocycles. The maximum atomic E-state index is 14.9. The Labute approximate surface area is 189 Å². The number of nitrogens with zero attached hydrogens (tertiary/aromatic N) is 4. The van der Waals surface area contributed by atoms with Crippen molar-refractivity contribution in [1.82, 2.24) is 25.2 Å². The van der Waals surface area contributed by atoms with E-state index in [1.165, 1.54) is 31.3 Å². The lowest BCUT2D eigenvalue weighted by Crippen LogP contribution is -2.46. The van der Waals surface area contributed by atoms with Gasteiger partial charge in [0.25, 0.3) is 11.5 Å². The first-order valence-corrected chi connectivity index (χ1v) is 10.2. The van der Waals surface area contributed by atoms with Crippen molar-refractivity contribution in [3.63, 3.8) is 0 Å². The van der Waals surface area contributed by atoms with Gasteiger partial charge in [-0.15, -0.1) is 0 Å². The van der Waals surface area contributed by atoms with Crippen molar-refractivity contribution < 1.29 is 26.7 Å². The van der Waals surface area contributed by atoms with Gasteiger partial charge in [0, 0.05) is 45.3 Å². The molecule has 1 aromatic carbocycles. The van der Waals surface area contributed by atoms with Crippen molar-refractivity contribution in [2.75, 3.05) is 38.1 Å². The molecule has 0 spiro atoms. The zero-order valence-electron chi connectivity index (χ0n) is 17.8. The summed E-state index contributed by atoms with van der Waals surface area (Å²) < 4.78 is 68.0. The van der Waals surface area contributed by atoms with Gasteiger partial charge in [-0.2, -0.15) is 17.6 Å². The van der Waals surface area contributed by atoms with Crippen LogP contribution in [-0.4, -0.2) is 59.0 Å². The van der Waals surface area contributed by atoms with E-state index in [0.717, 1.165) is 0 Å². The summed E-state index contributed by atoms with van der Waals surface area (Å²) in [5.41, 5.74) is -3.45. The predicted octanol–water partition coefficient (Wildman–Crippen LogP) is 2.30. The van der Waals surface area contributed by atoms with Crippen molar-refractivity contribution in [1.29, 1.82) is 0 Å². The number of rotatable bonds is 4. The summed E-state index contributed by atoms with van der Waals surface area (Å²) in [6.07, 6.45) is -4.95. The van der Waals surface area contributed by atoms with Crippen molar-refractivity contribution in [3.8, 4) is 0 Å². The number of carbonyl (C=O) groups is 1. The van der Waals surface area contributed by atoms with Gasteiger partial charge in [-0.25, -0.2) is 14.4 Å². The van der Waals surface area contributed by atoms with E-state index in [2.05, 4.69) is 15.3 Å². The van der Waals surface area contributed by atoms with Gasteiger partial charge in [-0.1, -0.05) is 6.07 Å². The van der Waals surface area contributed by atoms with Crippen LogP contribution in [0, 0.1) is 11.8 Å². The van der Waals surface area contributed by atoms with Gasteiger partial charge in [0.2, 0.25) is 11.6 Å². The van der Waals surface area contributed by atoms with E-state index in [1.807, 2.05) is 9.88 Å². The van der Waals surface area contributed by atoms with Gasteiger partial charge < -0.3 is 15.2 Å². The van der Waals surface area contributed by atoms with Gasteiger partial charge >= 0.3 is 6.18 Å². The van der Waals surface area contributed by atoms with E-state index >= 15 is 0 Å². The largest absolute Gasteiger partial charge is 0.438 e. The number of anilines is 1. The maximum Gasteiger partial charge on any atom is 0.438 e. The number of hydrogen-bond acceptors (Lipinski definition) is 6. The molecule has 0 atom stereocenters. The van der Waals surface area contributed by atoms with Crippen LogP contribution in [-0.2, 0) is 12.7 Å². The summed E-state index contributed by atoms with van der Waals surface area (Å²) in [5.74, 6) is -2.12. The zero-order chi connectivity index (χ0) is 24.6. The molecule has 3 heterocycles. The summed E-state index contributed by atoms with van der Waals surface area (Å²) in [4.78, 5) is 35.9. The minimum atomic E-state index is -4.95. The number of halogens is 5. The number of benzene rings is 1. The molecular formula is C21H19F5N6O2. The standard InChI is InChI=1S/C21H19F5N6O2/c1-27-19(33)13-4-5-14(18(23)29-13)32-8-6-31(7-9-32)10-11-2-3-12-16(15(11)22)30-20(34)17(28-12)21(24,25)26/h2-5H,6-10H2,1H3,(H,27,33)(H,30,34). The first-order chi connectivity index (χ1) is 16.1. The topological polar surface area (TPSA) is 94.2 Å². The molecule has 3 aromatic rings. The Balaban J connectivity index is 1.47. The highest BCUT2D eigenvalue weighted by Gasteiger charge is 2.36. The molecule has 0 saturated carbocycles. The van der Waals surface area contributed by atoms with Gasteiger partial charge in [0.1, 0.15) is 11.2 Å². The van der Waals surface area contributed by atoms with Crippen LogP contribution >= 0.6 is 0 Å². The Morgan fingerprint density at radius 2 is 1.79 bits per heavy atom. The van der Waals surface area contributed by atoms with Crippen molar-refractivity contribution in [3.05, 3.63) is 63.3 Å². The first-order valence-electron chi connectivity index (χ1n) is 10.2. The quantitative estimate of drug-likeness (QED) is 0.438.